The molecule has 0 saturated carbocycles. The monoisotopic (exact) mass is 758 g/mol. The van der Waals surface area contributed by atoms with Crippen molar-refractivity contribution >= 4 is 53.1 Å². The van der Waals surface area contributed by atoms with Crippen molar-refractivity contribution in [3.63, 3.8) is 0 Å². The van der Waals surface area contributed by atoms with Crippen LogP contribution in [0, 0.1) is 0 Å². The van der Waals surface area contributed by atoms with E-state index in [9.17, 15) is 0 Å². The molecule has 54 heavy (non-hydrogen) atoms. The molecule has 0 radical (unpaired) electrons. The third-order valence-electron chi connectivity index (χ3n) is 9.89. The van der Waals surface area contributed by atoms with Crippen LogP contribution in [-0.4, -0.2) is 35.9 Å². The minimum atomic E-state index is 0.607. The Morgan fingerprint density at radius 3 is 1.70 bits per heavy atom. The molecule has 0 saturated heterocycles. The molecule has 8 aromatic carbocycles. The van der Waals surface area contributed by atoms with Crippen LogP contribution in [0.2, 0.25) is 0 Å². The predicted molar refractivity (Wildman–Crippen MR) is 222 cm³/mol. The second kappa shape index (κ2) is 13.4. The summed E-state index contributed by atoms with van der Waals surface area (Å²) >= 11 is 2.74. The van der Waals surface area contributed by atoms with E-state index in [0.29, 0.717) is 23.4 Å². The molecule has 5 nitrogen and oxygen atoms in total. The molecule has 0 bridgehead atoms. The Morgan fingerprint density at radius 2 is 0.944 bits per heavy atom. The van der Waals surface area contributed by atoms with Crippen molar-refractivity contribution in [1.29, 1.82) is 0 Å². The van der Waals surface area contributed by atoms with Gasteiger partial charge in [0.15, 0.2) is 5.58 Å². The summed E-state index contributed by atoms with van der Waals surface area (Å²) in [6.45, 7) is 0. The van der Waals surface area contributed by atoms with E-state index in [-0.39, 0.29) is 0 Å². The van der Waals surface area contributed by atoms with Gasteiger partial charge in [0, 0.05) is 5.56 Å². The first-order valence-corrected chi connectivity index (χ1v) is 18.7. The summed E-state index contributed by atoms with van der Waals surface area (Å²) in [6, 6.07) is 60.3. The van der Waals surface area contributed by atoms with Crippen molar-refractivity contribution < 1.29 is 4.42 Å². The summed E-state index contributed by atoms with van der Waals surface area (Å²) in [5.41, 5.74) is 9.68. The van der Waals surface area contributed by atoms with Gasteiger partial charge in [-0.2, -0.15) is 0 Å². The molecule has 2 heterocycles. The van der Waals surface area contributed by atoms with E-state index < -0.39 is 0 Å². The van der Waals surface area contributed by atoms with Crippen molar-refractivity contribution in [2.75, 3.05) is 0 Å². The van der Waals surface area contributed by atoms with Crippen LogP contribution in [0.1, 0.15) is 0 Å². The van der Waals surface area contributed by atoms with Gasteiger partial charge in [-0.3, -0.25) is 0 Å². The molecule has 0 amide bonds. The van der Waals surface area contributed by atoms with Crippen molar-refractivity contribution in [2.24, 2.45) is 0 Å². The second-order valence-electron chi connectivity index (χ2n) is 13.2. The summed E-state index contributed by atoms with van der Waals surface area (Å²) in [6.07, 6.45) is 0. The summed E-state index contributed by atoms with van der Waals surface area (Å²) in [7, 11) is 0. The average Bonchev–Trinajstić information content (AvgIpc) is 3.69. The Bertz CT molecular complexity index is 3000. The molecule has 0 aliphatic heterocycles. The van der Waals surface area contributed by atoms with Gasteiger partial charge in [-0.05, 0) is 18.2 Å². The molecule has 6 heteroatoms. The van der Waals surface area contributed by atoms with Gasteiger partial charge in [-0.1, -0.05) is 30.3 Å². The van der Waals surface area contributed by atoms with Gasteiger partial charge >= 0.3 is 246 Å². The summed E-state index contributed by atoms with van der Waals surface area (Å²) in [5.74, 6) is 2.46. The third kappa shape index (κ3) is 5.66. The van der Waals surface area contributed by atoms with E-state index in [4.69, 9.17) is 24.4 Å². The molecule has 0 spiro atoms. The summed E-state index contributed by atoms with van der Waals surface area (Å²) < 4.78 is 7.36. The fourth-order valence-corrected chi connectivity index (χ4v) is 8.03. The van der Waals surface area contributed by atoms with E-state index in [1.54, 1.807) is 0 Å². The Balaban J connectivity index is 1.16. The Kier molecular flexibility index (Phi) is 7.91. The van der Waals surface area contributed by atoms with Crippen molar-refractivity contribution in [1.82, 2.24) is 19.9 Å². The molecule has 254 valence electrons. The standard InChI is InChI=1S/C48H30N4OSe/c54-44-37(30-13-4-1-5-14-30)21-12-22-39(44)47-51-45(33-15-6-2-7-16-33)50-46(52-47)38-20-11-10-19-36(38)35-26-24-31-23-25-32-27-28-41-43(42(32)40(31)29-35)49-48(53-41)34-17-8-3-9-18-34/h1-29,54H. The van der Waals surface area contributed by atoms with Gasteiger partial charge < -0.3 is 4.42 Å². The van der Waals surface area contributed by atoms with E-state index >= 15 is 0 Å². The van der Waals surface area contributed by atoms with Crippen molar-refractivity contribution in [3.05, 3.63) is 176 Å². The second-order valence-corrected chi connectivity index (χ2v) is 14.1. The fourth-order valence-electron chi connectivity index (χ4n) is 7.24. The van der Waals surface area contributed by atoms with Crippen LogP contribution >= 0.6 is 0 Å². The molecule has 0 unspecified atom stereocenters. The summed E-state index contributed by atoms with van der Waals surface area (Å²) in [4.78, 5) is 20.5. The number of oxazole rings is 1. The van der Waals surface area contributed by atoms with Crippen LogP contribution in [0.4, 0.5) is 0 Å². The number of aromatic nitrogens is 4. The quantitative estimate of drug-likeness (QED) is 0.125. The van der Waals surface area contributed by atoms with Crippen LogP contribution in [-0.2, 0) is 0 Å². The molecular weight excluding hydrogens is 728 g/mol. The molecule has 0 atom stereocenters. The van der Waals surface area contributed by atoms with Gasteiger partial charge in [0.2, 0.25) is 5.89 Å². The maximum absolute atomic E-state index is 6.30. The Labute approximate surface area is 319 Å². The number of hydrogen-bond donors (Lipinski definition) is 0. The molecule has 0 aliphatic carbocycles. The number of rotatable bonds is 6. The topological polar surface area (TPSA) is 64.7 Å². The van der Waals surface area contributed by atoms with Crippen LogP contribution in [0.15, 0.2) is 180 Å². The maximum atomic E-state index is 6.30. The molecular formula is C48H30N4OSe. The van der Waals surface area contributed by atoms with Crippen molar-refractivity contribution in [2.45, 2.75) is 0 Å². The predicted octanol–water partition coefficient (Wildman–Crippen LogP) is 10.8. The first-order valence-electron chi connectivity index (χ1n) is 17.8. The van der Waals surface area contributed by atoms with Gasteiger partial charge in [-0.25, -0.2) is 4.98 Å². The first kappa shape index (κ1) is 32.0. The third-order valence-corrected chi connectivity index (χ3v) is 10.9. The fraction of sp³-hybridized carbons (Fsp3) is 0. The normalized spacial score (nSPS) is 11.4. The van der Waals surface area contributed by atoms with E-state index in [1.165, 1.54) is 0 Å². The molecule has 10 rings (SSSR count). The number of nitrogens with zero attached hydrogens (tertiary/aromatic N) is 4. The van der Waals surface area contributed by atoms with Gasteiger partial charge in [0.1, 0.15) is 0 Å². The first-order chi connectivity index (χ1) is 26.7. The van der Waals surface area contributed by atoms with Crippen LogP contribution in [0.3, 0.4) is 0 Å². The van der Waals surface area contributed by atoms with Crippen LogP contribution < -0.4 is 4.46 Å². The Hall–Kier alpha value is -6.72. The van der Waals surface area contributed by atoms with Gasteiger partial charge in [0.05, 0.1) is 0 Å². The molecule has 10 aromatic rings. The van der Waals surface area contributed by atoms with Gasteiger partial charge in [-0.15, -0.1) is 0 Å². The SMILES string of the molecule is [SeH]c1c(-c2ccccc2)cccc1-c1nc(-c2ccccc2)nc(-c2ccccc2-c2ccc3ccc4ccc5oc(-c6ccccc6)nc5c4c3c2)n1. The Morgan fingerprint density at radius 1 is 0.389 bits per heavy atom. The zero-order valence-corrected chi connectivity index (χ0v) is 30.8. The number of fused-ring (bicyclic) bond motifs is 5. The molecule has 0 fully saturated rings. The molecule has 0 N–H and O–H groups in total. The number of hydrogen-bond acceptors (Lipinski definition) is 5. The zero-order valence-electron chi connectivity index (χ0n) is 28.9. The minimum absolute atomic E-state index is 0.607. The van der Waals surface area contributed by atoms with Crippen LogP contribution in [0.25, 0.3) is 101 Å². The zero-order chi connectivity index (χ0) is 36.0. The molecule has 2 aromatic heterocycles. The van der Waals surface area contributed by atoms with E-state index in [1.807, 2.05) is 78.9 Å². The number of benzene rings is 8. The summed E-state index contributed by atoms with van der Waals surface area (Å²) in [5, 5.41) is 4.40. The van der Waals surface area contributed by atoms with Gasteiger partial charge in [0.25, 0.3) is 0 Å². The van der Waals surface area contributed by atoms with E-state index in [0.717, 1.165) is 81.6 Å². The van der Waals surface area contributed by atoms with Crippen LogP contribution in [0.5, 0.6) is 0 Å². The average molecular weight is 758 g/mol. The molecule has 0 aliphatic rings. The van der Waals surface area contributed by atoms with Crippen molar-refractivity contribution in [3.8, 4) is 67.9 Å². The van der Waals surface area contributed by atoms with E-state index in [2.05, 4.69) is 113 Å².